The second-order valence-corrected chi connectivity index (χ2v) is 5.73. The Bertz CT molecular complexity index is 373. The topological polar surface area (TPSA) is 72.9 Å². The Balaban J connectivity index is 2.39. The summed E-state index contributed by atoms with van der Waals surface area (Å²) in [5, 5.41) is 0. The van der Waals surface area contributed by atoms with Crippen LogP contribution in [0.5, 0.6) is 0 Å². The second-order valence-electron chi connectivity index (χ2n) is 5.73. The van der Waals surface area contributed by atoms with E-state index in [2.05, 4.69) is 0 Å². The number of ether oxygens (including phenoxy) is 2. The standard InChI is InChI=1S/C14H23NO5/c1-10(2)19-8-7-14(3,4)20-9-13(18)15-11(16)5-6-12(15)17/h10H,5-9H2,1-4H3. The molecule has 0 aromatic heterocycles. The van der Waals surface area contributed by atoms with Gasteiger partial charge in [-0.1, -0.05) is 0 Å². The molecule has 0 aliphatic carbocycles. The molecule has 0 unspecified atom stereocenters. The van der Waals surface area contributed by atoms with Gasteiger partial charge in [-0.05, 0) is 34.1 Å². The van der Waals surface area contributed by atoms with Gasteiger partial charge in [-0.25, -0.2) is 4.90 Å². The van der Waals surface area contributed by atoms with E-state index in [0.717, 1.165) is 0 Å². The van der Waals surface area contributed by atoms with Crippen LogP contribution >= 0.6 is 0 Å². The third kappa shape index (κ3) is 5.02. The molecule has 0 N–H and O–H groups in total. The first kappa shape index (κ1) is 16.8. The van der Waals surface area contributed by atoms with Gasteiger partial charge in [0.15, 0.2) is 0 Å². The number of rotatable bonds is 7. The van der Waals surface area contributed by atoms with E-state index >= 15 is 0 Å². The summed E-state index contributed by atoms with van der Waals surface area (Å²) in [7, 11) is 0. The smallest absolute Gasteiger partial charge is 0.262 e. The van der Waals surface area contributed by atoms with E-state index in [1.165, 1.54) is 0 Å². The molecule has 6 nitrogen and oxygen atoms in total. The highest BCUT2D eigenvalue weighted by Gasteiger charge is 2.35. The zero-order valence-corrected chi connectivity index (χ0v) is 12.6. The fourth-order valence-corrected chi connectivity index (χ4v) is 1.79. The maximum Gasteiger partial charge on any atom is 0.262 e. The lowest BCUT2D eigenvalue weighted by molar-refractivity contribution is -0.155. The molecule has 0 aromatic carbocycles. The predicted molar refractivity (Wildman–Crippen MR) is 71.8 cm³/mol. The molecule has 6 heteroatoms. The first-order valence-corrected chi connectivity index (χ1v) is 6.87. The summed E-state index contributed by atoms with van der Waals surface area (Å²) in [5.74, 6) is -1.47. The molecule has 1 heterocycles. The molecule has 0 saturated carbocycles. The molecular weight excluding hydrogens is 262 g/mol. The van der Waals surface area contributed by atoms with Crippen molar-refractivity contribution in [2.24, 2.45) is 0 Å². The summed E-state index contributed by atoms with van der Waals surface area (Å²) in [6.45, 7) is 7.84. The lowest BCUT2D eigenvalue weighted by Gasteiger charge is -2.26. The summed E-state index contributed by atoms with van der Waals surface area (Å²) in [4.78, 5) is 35.3. The van der Waals surface area contributed by atoms with E-state index in [1.807, 2.05) is 27.7 Å². The van der Waals surface area contributed by atoms with Gasteiger partial charge < -0.3 is 9.47 Å². The van der Waals surface area contributed by atoms with Crippen molar-refractivity contribution in [2.45, 2.75) is 58.7 Å². The zero-order chi connectivity index (χ0) is 15.3. The lowest BCUT2D eigenvalue weighted by Crippen LogP contribution is -2.40. The highest BCUT2D eigenvalue weighted by molar-refractivity contribution is 6.15. The van der Waals surface area contributed by atoms with E-state index < -0.39 is 23.3 Å². The normalized spacial score (nSPS) is 16.4. The number of likely N-dealkylation sites (tertiary alicyclic amines) is 1. The minimum atomic E-state index is -0.588. The van der Waals surface area contributed by atoms with Crippen LogP contribution in [0, 0.1) is 0 Å². The fourth-order valence-electron chi connectivity index (χ4n) is 1.79. The van der Waals surface area contributed by atoms with Gasteiger partial charge in [0.25, 0.3) is 5.91 Å². The summed E-state index contributed by atoms with van der Waals surface area (Å²) in [5.41, 5.74) is -0.545. The fraction of sp³-hybridized carbons (Fsp3) is 0.786. The van der Waals surface area contributed by atoms with Crippen molar-refractivity contribution in [3.8, 4) is 0 Å². The number of hydrogen-bond donors (Lipinski definition) is 0. The number of imide groups is 3. The Labute approximate surface area is 119 Å². The molecule has 0 atom stereocenters. The second kappa shape index (κ2) is 6.95. The molecule has 1 aliphatic rings. The van der Waals surface area contributed by atoms with Gasteiger partial charge in [0.2, 0.25) is 11.8 Å². The zero-order valence-electron chi connectivity index (χ0n) is 12.6. The molecule has 1 rings (SSSR count). The van der Waals surface area contributed by atoms with Gasteiger partial charge in [0.1, 0.15) is 6.61 Å². The van der Waals surface area contributed by atoms with Crippen LogP contribution < -0.4 is 0 Å². The molecule has 1 aliphatic heterocycles. The average Bonchev–Trinajstić information content (AvgIpc) is 2.65. The maximum absolute atomic E-state index is 11.8. The summed E-state index contributed by atoms with van der Waals surface area (Å²) < 4.78 is 10.9. The number of hydrogen-bond acceptors (Lipinski definition) is 5. The Morgan fingerprint density at radius 2 is 1.80 bits per heavy atom. The van der Waals surface area contributed by atoms with Crippen LogP contribution in [0.1, 0.15) is 47.0 Å². The van der Waals surface area contributed by atoms with E-state index in [9.17, 15) is 14.4 Å². The molecular formula is C14H23NO5. The highest BCUT2D eigenvalue weighted by atomic mass is 16.5. The molecule has 0 aromatic rings. The molecule has 20 heavy (non-hydrogen) atoms. The minimum absolute atomic E-state index is 0.107. The van der Waals surface area contributed by atoms with Gasteiger partial charge in [-0.15, -0.1) is 0 Å². The molecule has 1 fully saturated rings. The highest BCUT2D eigenvalue weighted by Crippen LogP contribution is 2.17. The maximum atomic E-state index is 11.8. The Morgan fingerprint density at radius 3 is 2.30 bits per heavy atom. The van der Waals surface area contributed by atoms with Gasteiger partial charge in [0, 0.05) is 19.4 Å². The van der Waals surface area contributed by atoms with Crippen LogP contribution in [0.25, 0.3) is 0 Å². The summed E-state index contributed by atoms with van der Waals surface area (Å²) >= 11 is 0. The van der Waals surface area contributed by atoms with Gasteiger partial charge in [0.05, 0.1) is 11.7 Å². The van der Waals surface area contributed by atoms with Crippen molar-refractivity contribution in [2.75, 3.05) is 13.2 Å². The van der Waals surface area contributed by atoms with Crippen molar-refractivity contribution >= 4 is 17.7 Å². The first-order valence-electron chi connectivity index (χ1n) is 6.87. The SMILES string of the molecule is CC(C)OCCC(C)(C)OCC(=O)N1C(=O)CCC1=O. The third-order valence-electron chi connectivity index (χ3n) is 3.04. The van der Waals surface area contributed by atoms with Crippen LogP contribution in [0.15, 0.2) is 0 Å². The van der Waals surface area contributed by atoms with Crippen molar-refractivity contribution in [1.82, 2.24) is 4.90 Å². The van der Waals surface area contributed by atoms with Crippen LogP contribution in [0.3, 0.4) is 0 Å². The Morgan fingerprint density at radius 1 is 1.25 bits per heavy atom. The summed E-state index contributed by atoms with van der Waals surface area (Å²) in [6, 6.07) is 0. The van der Waals surface area contributed by atoms with Crippen LogP contribution in [0.2, 0.25) is 0 Å². The Kier molecular flexibility index (Phi) is 5.83. The molecule has 0 radical (unpaired) electrons. The van der Waals surface area contributed by atoms with E-state index in [1.54, 1.807) is 0 Å². The van der Waals surface area contributed by atoms with Crippen LogP contribution in [0.4, 0.5) is 0 Å². The lowest BCUT2D eigenvalue weighted by atomic mass is 10.1. The van der Waals surface area contributed by atoms with Gasteiger partial charge in [-0.3, -0.25) is 14.4 Å². The molecule has 0 bridgehead atoms. The van der Waals surface area contributed by atoms with Crippen LogP contribution in [-0.2, 0) is 23.9 Å². The van der Waals surface area contributed by atoms with Gasteiger partial charge in [-0.2, -0.15) is 0 Å². The third-order valence-corrected chi connectivity index (χ3v) is 3.04. The monoisotopic (exact) mass is 285 g/mol. The molecule has 0 spiro atoms. The number of carbonyl (C=O) groups is 3. The van der Waals surface area contributed by atoms with E-state index in [-0.39, 0.29) is 25.6 Å². The number of nitrogens with zero attached hydrogens (tertiary/aromatic N) is 1. The molecule has 114 valence electrons. The minimum Gasteiger partial charge on any atom is -0.379 e. The quantitative estimate of drug-likeness (QED) is 0.659. The average molecular weight is 285 g/mol. The van der Waals surface area contributed by atoms with Crippen molar-refractivity contribution in [3.05, 3.63) is 0 Å². The molecule has 3 amide bonds. The first-order chi connectivity index (χ1) is 9.23. The van der Waals surface area contributed by atoms with Crippen molar-refractivity contribution in [1.29, 1.82) is 0 Å². The number of amides is 3. The Hall–Kier alpha value is -1.27. The summed E-state index contributed by atoms with van der Waals surface area (Å²) in [6.07, 6.45) is 0.986. The molecule has 1 saturated heterocycles. The van der Waals surface area contributed by atoms with Crippen molar-refractivity contribution < 1.29 is 23.9 Å². The van der Waals surface area contributed by atoms with E-state index in [4.69, 9.17) is 9.47 Å². The largest absolute Gasteiger partial charge is 0.379 e. The van der Waals surface area contributed by atoms with Crippen LogP contribution in [-0.4, -0.2) is 47.5 Å². The number of carbonyl (C=O) groups excluding carboxylic acids is 3. The van der Waals surface area contributed by atoms with Gasteiger partial charge >= 0.3 is 0 Å². The van der Waals surface area contributed by atoms with E-state index in [0.29, 0.717) is 17.9 Å². The predicted octanol–water partition coefficient (Wildman–Crippen LogP) is 1.27. The van der Waals surface area contributed by atoms with Crippen molar-refractivity contribution in [3.63, 3.8) is 0 Å².